The number of aryl methyl sites for hydroxylation is 1. The average Bonchev–Trinajstić information content (AvgIpc) is 3.02. The summed E-state index contributed by atoms with van der Waals surface area (Å²) in [6.45, 7) is 9.26. The molecule has 0 aromatic carbocycles. The Hall–Kier alpha value is -1.67. The Labute approximate surface area is 160 Å². The van der Waals surface area contributed by atoms with E-state index in [2.05, 4.69) is 32.4 Å². The molecule has 1 aliphatic heterocycles. The standard InChI is InChI=1S/C18H32N6OS/c1-4-20-18(23(3)12-16-13-26-14(2)22-16)21-8-6-10-24-9-5-7-15(11-24)17(19)25/h13,15H,4-12H2,1-3H3,(H2,19,25)(H,20,21). The number of nitrogens with two attached hydrogens (primary N) is 1. The smallest absolute Gasteiger partial charge is 0.221 e. The lowest BCUT2D eigenvalue weighted by atomic mass is 9.97. The molecular weight excluding hydrogens is 348 g/mol. The number of likely N-dealkylation sites (tertiary alicyclic amines) is 1. The number of carbonyl (C=O) groups excluding carboxylic acids is 1. The number of guanidine groups is 1. The molecular formula is C18H32N6OS. The van der Waals surface area contributed by atoms with E-state index in [1.54, 1.807) is 11.3 Å². The first-order valence-electron chi connectivity index (χ1n) is 9.41. The topological polar surface area (TPSA) is 86.8 Å². The molecule has 1 atom stereocenters. The van der Waals surface area contributed by atoms with Gasteiger partial charge in [-0.2, -0.15) is 0 Å². The number of aliphatic imine (C=N–C) groups is 1. The highest BCUT2D eigenvalue weighted by Crippen LogP contribution is 2.16. The van der Waals surface area contributed by atoms with Crippen LogP contribution in [0.2, 0.25) is 0 Å². The summed E-state index contributed by atoms with van der Waals surface area (Å²) < 4.78 is 0. The van der Waals surface area contributed by atoms with Crippen molar-refractivity contribution in [1.82, 2.24) is 20.1 Å². The molecule has 0 aliphatic carbocycles. The molecule has 1 amide bonds. The summed E-state index contributed by atoms with van der Waals surface area (Å²) in [4.78, 5) is 25.1. The van der Waals surface area contributed by atoms with Gasteiger partial charge in [0.25, 0.3) is 0 Å². The molecule has 0 saturated carbocycles. The minimum atomic E-state index is -0.166. The number of piperidine rings is 1. The third-order valence-corrected chi connectivity index (χ3v) is 5.39. The van der Waals surface area contributed by atoms with Crippen molar-refractivity contribution in [2.24, 2.45) is 16.6 Å². The lowest BCUT2D eigenvalue weighted by Gasteiger charge is -2.30. The molecule has 1 aromatic heterocycles. The highest BCUT2D eigenvalue weighted by Gasteiger charge is 2.23. The van der Waals surface area contributed by atoms with E-state index < -0.39 is 0 Å². The van der Waals surface area contributed by atoms with Crippen molar-refractivity contribution >= 4 is 23.2 Å². The van der Waals surface area contributed by atoms with Crippen molar-refractivity contribution in [3.05, 3.63) is 16.1 Å². The lowest BCUT2D eigenvalue weighted by molar-refractivity contribution is -0.123. The van der Waals surface area contributed by atoms with Crippen molar-refractivity contribution in [1.29, 1.82) is 0 Å². The molecule has 7 nitrogen and oxygen atoms in total. The number of nitrogens with one attached hydrogen (secondary N) is 1. The molecule has 0 spiro atoms. The summed E-state index contributed by atoms with van der Waals surface area (Å²) in [5.41, 5.74) is 6.53. The van der Waals surface area contributed by atoms with Gasteiger partial charge in [0.2, 0.25) is 5.91 Å². The summed E-state index contributed by atoms with van der Waals surface area (Å²) in [6.07, 6.45) is 2.95. The summed E-state index contributed by atoms with van der Waals surface area (Å²) >= 11 is 1.67. The zero-order valence-electron chi connectivity index (χ0n) is 16.2. The van der Waals surface area contributed by atoms with Crippen LogP contribution in [-0.2, 0) is 11.3 Å². The van der Waals surface area contributed by atoms with Crippen LogP contribution in [0.3, 0.4) is 0 Å². The lowest BCUT2D eigenvalue weighted by Crippen LogP contribution is -2.41. The largest absolute Gasteiger partial charge is 0.369 e. The van der Waals surface area contributed by atoms with Gasteiger partial charge in [-0.25, -0.2) is 4.98 Å². The minimum absolute atomic E-state index is 0.0114. The van der Waals surface area contributed by atoms with Crippen molar-refractivity contribution in [3.8, 4) is 0 Å². The fraction of sp³-hybridized carbons (Fsp3) is 0.722. The molecule has 0 radical (unpaired) electrons. The number of hydrogen-bond acceptors (Lipinski definition) is 5. The summed E-state index contributed by atoms with van der Waals surface area (Å²) in [6, 6.07) is 0. The normalized spacial score (nSPS) is 18.7. The van der Waals surface area contributed by atoms with Crippen LogP contribution in [0.5, 0.6) is 0 Å². The fourth-order valence-electron chi connectivity index (χ4n) is 3.24. The van der Waals surface area contributed by atoms with Crippen LogP contribution in [0.15, 0.2) is 10.4 Å². The van der Waals surface area contributed by atoms with Crippen LogP contribution in [0.4, 0.5) is 0 Å². The van der Waals surface area contributed by atoms with E-state index >= 15 is 0 Å². The van der Waals surface area contributed by atoms with E-state index in [1.807, 2.05) is 14.0 Å². The van der Waals surface area contributed by atoms with Gasteiger partial charge in [-0.15, -0.1) is 11.3 Å². The van der Waals surface area contributed by atoms with Crippen molar-refractivity contribution in [3.63, 3.8) is 0 Å². The Balaban J connectivity index is 1.79. The van der Waals surface area contributed by atoms with Gasteiger partial charge >= 0.3 is 0 Å². The molecule has 146 valence electrons. The quantitative estimate of drug-likeness (QED) is 0.405. The van der Waals surface area contributed by atoms with E-state index in [0.29, 0.717) is 0 Å². The second-order valence-electron chi connectivity index (χ2n) is 6.85. The van der Waals surface area contributed by atoms with Crippen LogP contribution in [-0.4, -0.2) is 66.4 Å². The predicted octanol–water partition coefficient (Wildman–Crippen LogP) is 1.44. The first kappa shape index (κ1) is 20.6. The molecule has 2 heterocycles. The number of thiazole rings is 1. The summed E-state index contributed by atoms with van der Waals surface area (Å²) in [5, 5.41) is 6.53. The first-order valence-corrected chi connectivity index (χ1v) is 10.3. The van der Waals surface area contributed by atoms with Crippen LogP contribution in [0.1, 0.15) is 36.9 Å². The van der Waals surface area contributed by atoms with Gasteiger partial charge in [-0.3, -0.25) is 9.79 Å². The fourth-order valence-corrected chi connectivity index (χ4v) is 3.84. The Bertz CT molecular complexity index is 602. The Kier molecular flexibility index (Phi) is 8.31. The molecule has 1 saturated heterocycles. The number of amides is 1. The van der Waals surface area contributed by atoms with Crippen molar-refractivity contribution in [2.45, 2.75) is 39.7 Å². The molecule has 3 N–H and O–H groups in total. The monoisotopic (exact) mass is 380 g/mol. The van der Waals surface area contributed by atoms with E-state index in [9.17, 15) is 4.79 Å². The summed E-state index contributed by atoms with van der Waals surface area (Å²) in [7, 11) is 2.04. The van der Waals surface area contributed by atoms with Gasteiger partial charge < -0.3 is 20.9 Å². The molecule has 26 heavy (non-hydrogen) atoms. The Morgan fingerprint density at radius 2 is 2.38 bits per heavy atom. The highest BCUT2D eigenvalue weighted by atomic mass is 32.1. The number of nitrogens with zero attached hydrogens (tertiary/aromatic N) is 4. The average molecular weight is 381 g/mol. The van der Waals surface area contributed by atoms with Gasteiger partial charge in [0, 0.05) is 32.1 Å². The van der Waals surface area contributed by atoms with E-state index in [1.165, 1.54) is 0 Å². The third-order valence-electron chi connectivity index (χ3n) is 4.56. The number of hydrogen-bond donors (Lipinski definition) is 2. The molecule has 1 fully saturated rings. The number of primary amides is 1. The van der Waals surface area contributed by atoms with E-state index in [-0.39, 0.29) is 11.8 Å². The van der Waals surface area contributed by atoms with Gasteiger partial charge in [-0.1, -0.05) is 0 Å². The maximum Gasteiger partial charge on any atom is 0.221 e. The SMILES string of the molecule is CCNC(=NCCCN1CCCC(C(N)=O)C1)N(C)Cc1csc(C)n1. The minimum Gasteiger partial charge on any atom is -0.369 e. The van der Waals surface area contributed by atoms with Gasteiger partial charge in [-0.05, 0) is 46.2 Å². The zero-order valence-corrected chi connectivity index (χ0v) is 17.0. The second kappa shape index (κ2) is 10.5. The molecule has 1 aliphatic rings. The van der Waals surface area contributed by atoms with Crippen LogP contribution in [0, 0.1) is 12.8 Å². The molecule has 2 rings (SSSR count). The zero-order chi connectivity index (χ0) is 18.9. The van der Waals surface area contributed by atoms with Crippen LogP contribution >= 0.6 is 11.3 Å². The molecule has 1 unspecified atom stereocenters. The Morgan fingerprint density at radius 1 is 1.58 bits per heavy atom. The second-order valence-corrected chi connectivity index (χ2v) is 7.91. The molecule has 8 heteroatoms. The highest BCUT2D eigenvalue weighted by molar-refractivity contribution is 7.09. The first-order chi connectivity index (χ1) is 12.5. The van der Waals surface area contributed by atoms with Gasteiger partial charge in [0.15, 0.2) is 5.96 Å². The van der Waals surface area contributed by atoms with Gasteiger partial charge in [0.1, 0.15) is 0 Å². The van der Waals surface area contributed by atoms with Crippen LogP contribution < -0.4 is 11.1 Å². The van der Waals surface area contributed by atoms with E-state index in [0.717, 1.165) is 75.2 Å². The third kappa shape index (κ3) is 6.57. The molecule has 1 aromatic rings. The van der Waals surface area contributed by atoms with Crippen molar-refractivity contribution < 1.29 is 4.79 Å². The number of carbonyl (C=O) groups is 1. The number of rotatable bonds is 8. The maximum atomic E-state index is 11.4. The summed E-state index contributed by atoms with van der Waals surface area (Å²) in [5.74, 6) is 0.755. The van der Waals surface area contributed by atoms with Crippen LogP contribution in [0.25, 0.3) is 0 Å². The Morgan fingerprint density at radius 3 is 3.04 bits per heavy atom. The van der Waals surface area contributed by atoms with Crippen molar-refractivity contribution in [2.75, 3.05) is 39.8 Å². The maximum absolute atomic E-state index is 11.4. The number of aromatic nitrogens is 1. The van der Waals surface area contributed by atoms with E-state index in [4.69, 9.17) is 10.7 Å². The molecule has 0 bridgehead atoms. The van der Waals surface area contributed by atoms with Gasteiger partial charge in [0.05, 0.1) is 23.2 Å². The predicted molar refractivity (Wildman–Crippen MR) is 107 cm³/mol.